The van der Waals surface area contributed by atoms with Gasteiger partial charge in [-0.3, -0.25) is 0 Å². The maximum absolute atomic E-state index is 10.2. The molecule has 0 bridgehead atoms. The van der Waals surface area contributed by atoms with Crippen molar-refractivity contribution < 1.29 is 18.3 Å². The third-order valence-electron chi connectivity index (χ3n) is 1.07. The zero-order valence-corrected chi connectivity index (χ0v) is 8.16. The van der Waals surface area contributed by atoms with Gasteiger partial charge in [0.25, 0.3) is 0 Å². The Kier molecular flexibility index (Phi) is 3.77. The molecule has 0 spiro atoms. The molecule has 0 aliphatic carbocycles. The van der Waals surface area contributed by atoms with Crippen molar-refractivity contribution in [3.8, 4) is 0 Å². The molecule has 0 heterocycles. The Labute approximate surface area is 79.7 Å². The number of hydrogen-bond donors (Lipinski definition) is 3. The monoisotopic (exact) mass is 221 g/mol. The molecule has 0 amide bonds. The summed E-state index contributed by atoms with van der Waals surface area (Å²) in [6.07, 6.45) is 0. The van der Waals surface area contributed by atoms with Gasteiger partial charge >= 0.3 is 7.82 Å². The van der Waals surface area contributed by atoms with Gasteiger partial charge in [-0.2, -0.15) is 3.97 Å². The van der Waals surface area contributed by atoms with E-state index in [2.05, 4.69) is 8.69 Å². The summed E-state index contributed by atoms with van der Waals surface area (Å²) in [7, 11) is -4.40. The van der Waals surface area contributed by atoms with E-state index in [0.29, 0.717) is 17.9 Å². The number of phosphoric acid groups is 1. The molecule has 0 fully saturated rings. The molecule has 0 aliphatic heterocycles. The Morgan fingerprint density at radius 2 is 1.92 bits per heavy atom. The summed E-state index contributed by atoms with van der Waals surface area (Å²) in [5.41, 5.74) is 0.709. The number of hydrogen-bond acceptors (Lipinski definition) is 4. The average Bonchev–Trinajstić information content (AvgIpc) is 2.04. The molecule has 0 radical (unpaired) electrons. The van der Waals surface area contributed by atoms with E-state index in [1.807, 2.05) is 6.07 Å². The summed E-state index contributed by atoms with van der Waals surface area (Å²) < 4.78 is 16.9. The lowest BCUT2D eigenvalue weighted by atomic mass is 10.3. The molecule has 72 valence electrons. The largest absolute Gasteiger partial charge is 0.482 e. The van der Waals surface area contributed by atoms with Crippen LogP contribution >= 0.6 is 20.1 Å². The van der Waals surface area contributed by atoms with Crippen LogP contribution in [-0.4, -0.2) is 9.79 Å². The fraction of sp³-hybridized carbons (Fsp3) is 0. The quantitative estimate of drug-likeness (QED) is 0.408. The Morgan fingerprint density at radius 1 is 1.31 bits per heavy atom. The fourth-order valence-electron chi connectivity index (χ4n) is 0.621. The molecule has 0 atom stereocenters. The fourth-order valence-corrected chi connectivity index (χ4v) is 1.39. The van der Waals surface area contributed by atoms with Crippen molar-refractivity contribution in [1.29, 1.82) is 0 Å². The summed E-state index contributed by atoms with van der Waals surface area (Å²) in [5, 5.41) is 0. The number of para-hydroxylation sites is 1. The summed E-state index contributed by atoms with van der Waals surface area (Å²) in [6, 6.07) is 8.91. The molecule has 3 N–H and O–H groups in total. The summed E-state index contributed by atoms with van der Waals surface area (Å²) in [6.45, 7) is 0. The third kappa shape index (κ3) is 4.92. The second kappa shape index (κ2) is 4.64. The first kappa shape index (κ1) is 10.6. The van der Waals surface area contributed by atoms with Crippen LogP contribution < -0.4 is 4.72 Å². The zero-order valence-electron chi connectivity index (χ0n) is 6.45. The molecule has 0 aromatic heterocycles. The Hall–Kier alpha value is -0.520. The van der Waals surface area contributed by atoms with Gasteiger partial charge in [0.15, 0.2) is 0 Å². The second-order valence-electron chi connectivity index (χ2n) is 2.12. The lowest BCUT2D eigenvalue weighted by molar-refractivity contribution is 0.299. The smallest absolute Gasteiger partial charge is 0.306 e. The van der Waals surface area contributed by atoms with Crippen LogP contribution in [0.15, 0.2) is 30.3 Å². The molecule has 1 aromatic rings. The first-order valence-electron chi connectivity index (χ1n) is 3.30. The van der Waals surface area contributed by atoms with Crippen molar-refractivity contribution in [2.24, 2.45) is 0 Å². The maximum atomic E-state index is 10.2. The Balaban J connectivity index is 2.33. The molecule has 0 saturated carbocycles. The van der Waals surface area contributed by atoms with Crippen molar-refractivity contribution >= 4 is 25.7 Å². The number of anilines is 1. The van der Waals surface area contributed by atoms with Gasteiger partial charge in [-0.05, 0) is 12.1 Å². The molecule has 1 rings (SSSR count). The summed E-state index contributed by atoms with van der Waals surface area (Å²) in [5.74, 6) is 0. The van der Waals surface area contributed by atoms with Crippen molar-refractivity contribution in [2.75, 3.05) is 4.72 Å². The lowest BCUT2D eigenvalue weighted by Gasteiger charge is -2.04. The predicted octanol–water partition coefficient (Wildman–Crippen LogP) is 1.77. The molecular formula is C6H8NO4PS. The molecule has 13 heavy (non-hydrogen) atoms. The highest BCUT2D eigenvalue weighted by Crippen LogP contribution is 2.40. The van der Waals surface area contributed by atoms with Crippen LogP contribution in [-0.2, 0) is 8.54 Å². The molecule has 1 aromatic carbocycles. The van der Waals surface area contributed by atoms with Crippen LogP contribution in [0.4, 0.5) is 5.69 Å². The van der Waals surface area contributed by atoms with E-state index in [1.165, 1.54) is 0 Å². The van der Waals surface area contributed by atoms with E-state index < -0.39 is 7.82 Å². The van der Waals surface area contributed by atoms with E-state index in [1.54, 1.807) is 24.3 Å². The van der Waals surface area contributed by atoms with Crippen LogP contribution in [0.2, 0.25) is 0 Å². The Bertz CT molecular complexity index is 301. The highest BCUT2D eigenvalue weighted by molar-refractivity contribution is 7.99. The number of rotatable bonds is 4. The van der Waals surface area contributed by atoms with Crippen LogP contribution in [0.1, 0.15) is 0 Å². The normalized spacial score (nSPS) is 11.2. The predicted molar refractivity (Wildman–Crippen MR) is 50.8 cm³/mol. The van der Waals surface area contributed by atoms with Crippen molar-refractivity contribution in [3.63, 3.8) is 0 Å². The minimum Gasteiger partial charge on any atom is -0.306 e. The molecule has 7 heteroatoms. The lowest BCUT2D eigenvalue weighted by Crippen LogP contribution is -1.87. The van der Waals surface area contributed by atoms with E-state index in [-0.39, 0.29) is 0 Å². The van der Waals surface area contributed by atoms with Crippen LogP contribution in [0.3, 0.4) is 0 Å². The van der Waals surface area contributed by atoms with Gasteiger partial charge in [-0.1, -0.05) is 18.2 Å². The van der Waals surface area contributed by atoms with Gasteiger partial charge in [0.05, 0.1) is 0 Å². The van der Waals surface area contributed by atoms with E-state index >= 15 is 0 Å². The van der Waals surface area contributed by atoms with Gasteiger partial charge in [0.2, 0.25) is 0 Å². The second-order valence-corrected chi connectivity index (χ2v) is 4.06. The third-order valence-corrected chi connectivity index (χ3v) is 2.46. The van der Waals surface area contributed by atoms with Crippen LogP contribution in [0.25, 0.3) is 0 Å². The zero-order chi connectivity index (χ0) is 9.73. The van der Waals surface area contributed by atoms with E-state index in [9.17, 15) is 4.57 Å². The van der Waals surface area contributed by atoms with Crippen molar-refractivity contribution in [1.82, 2.24) is 0 Å². The van der Waals surface area contributed by atoms with Crippen molar-refractivity contribution in [3.05, 3.63) is 30.3 Å². The SMILES string of the molecule is O=P(O)(O)OSNc1ccccc1. The molecule has 5 nitrogen and oxygen atoms in total. The van der Waals surface area contributed by atoms with Crippen molar-refractivity contribution in [2.45, 2.75) is 0 Å². The highest BCUT2D eigenvalue weighted by atomic mass is 32.2. The average molecular weight is 221 g/mol. The van der Waals surface area contributed by atoms with Gasteiger partial charge in [0, 0.05) is 5.69 Å². The van der Waals surface area contributed by atoms with Gasteiger partial charge in [0.1, 0.15) is 12.2 Å². The van der Waals surface area contributed by atoms with Gasteiger partial charge < -0.3 is 14.5 Å². The summed E-state index contributed by atoms with van der Waals surface area (Å²) in [4.78, 5) is 16.6. The van der Waals surface area contributed by atoms with E-state index in [0.717, 1.165) is 0 Å². The summed E-state index contributed by atoms with van der Waals surface area (Å²) >= 11 is 0.500. The number of benzene rings is 1. The van der Waals surface area contributed by atoms with Gasteiger partial charge in [-0.15, -0.1) is 0 Å². The maximum Gasteiger partial charge on any atom is 0.482 e. The first-order valence-corrected chi connectivity index (χ1v) is 5.57. The van der Waals surface area contributed by atoms with E-state index in [4.69, 9.17) is 9.79 Å². The molecule has 0 aliphatic rings. The standard InChI is InChI=1S/C6H8NO4PS/c8-12(9,10)11-13-7-6-4-2-1-3-5-6/h1-5,7H,(H2,8,9,10). The number of nitrogens with one attached hydrogen (secondary N) is 1. The molecular weight excluding hydrogens is 213 g/mol. The Morgan fingerprint density at radius 3 is 2.46 bits per heavy atom. The topological polar surface area (TPSA) is 78.8 Å². The first-order chi connectivity index (χ1) is 6.08. The van der Waals surface area contributed by atoms with Crippen LogP contribution in [0, 0.1) is 0 Å². The van der Waals surface area contributed by atoms with Crippen LogP contribution in [0.5, 0.6) is 0 Å². The minimum atomic E-state index is -4.40. The minimum absolute atomic E-state index is 0.500. The molecule has 0 unspecified atom stereocenters. The molecule has 0 saturated heterocycles. The highest BCUT2D eigenvalue weighted by Gasteiger charge is 2.14. The van der Waals surface area contributed by atoms with Gasteiger partial charge in [-0.25, -0.2) is 4.57 Å².